The van der Waals surface area contributed by atoms with Crippen molar-refractivity contribution in [3.05, 3.63) is 84.3 Å². The predicted molar refractivity (Wildman–Crippen MR) is 133 cm³/mol. The lowest BCUT2D eigenvalue weighted by molar-refractivity contribution is -0.156. The summed E-state index contributed by atoms with van der Waals surface area (Å²) in [6.07, 6.45) is 0.963. The van der Waals surface area contributed by atoms with E-state index in [1.165, 1.54) is 6.08 Å². The summed E-state index contributed by atoms with van der Waals surface area (Å²) in [5, 5.41) is 11.6. The first kappa shape index (κ1) is 25.8. The van der Waals surface area contributed by atoms with E-state index in [0.29, 0.717) is 0 Å². The van der Waals surface area contributed by atoms with Crippen molar-refractivity contribution in [1.29, 1.82) is 0 Å². The summed E-state index contributed by atoms with van der Waals surface area (Å²) in [6, 6.07) is 14.9. The van der Waals surface area contributed by atoms with Crippen molar-refractivity contribution in [2.75, 3.05) is 6.61 Å². The zero-order valence-corrected chi connectivity index (χ0v) is 20.6. The van der Waals surface area contributed by atoms with Crippen LogP contribution in [0.5, 0.6) is 0 Å². The monoisotopic (exact) mass is 507 g/mol. The molecule has 0 bridgehead atoms. The van der Waals surface area contributed by atoms with E-state index in [4.69, 9.17) is 24.1 Å². The second-order valence-electron chi connectivity index (χ2n) is 9.30. The van der Waals surface area contributed by atoms with Gasteiger partial charge in [-0.05, 0) is 48.6 Å². The third-order valence-corrected chi connectivity index (χ3v) is 6.26. The smallest absolute Gasteiger partial charge is 0.407 e. The van der Waals surface area contributed by atoms with Crippen LogP contribution in [-0.4, -0.2) is 47.7 Å². The normalized spacial score (nSPS) is 16.8. The molecular weight excluding hydrogens is 478 g/mol. The lowest BCUT2D eigenvalue weighted by atomic mass is 9.98. The molecule has 1 aliphatic carbocycles. The number of hydrogen-bond acceptors (Lipinski definition) is 7. The number of carbonyl (C=O) groups excluding carboxylic acids is 2. The van der Waals surface area contributed by atoms with Gasteiger partial charge >= 0.3 is 18.0 Å². The van der Waals surface area contributed by atoms with Crippen molar-refractivity contribution in [1.82, 2.24) is 5.32 Å². The quantitative estimate of drug-likeness (QED) is 0.357. The van der Waals surface area contributed by atoms with Gasteiger partial charge in [0.15, 0.2) is 0 Å². The molecule has 1 aliphatic heterocycles. The number of esters is 1. The molecule has 4 rings (SSSR count). The molecule has 0 aromatic heterocycles. The maximum absolute atomic E-state index is 12.9. The number of fused-ring (bicyclic) bond motifs is 3. The fourth-order valence-electron chi connectivity index (χ4n) is 4.27. The van der Waals surface area contributed by atoms with Crippen LogP contribution >= 0.6 is 0 Å². The Bertz CT molecular complexity index is 1190. The van der Waals surface area contributed by atoms with E-state index >= 15 is 0 Å². The van der Waals surface area contributed by atoms with Gasteiger partial charge in [0.05, 0.1) is 0 Å². The summed E-state index contributed by atoms with van der Waals surface area (Å²) in [5.74, 6) is -2.42. The fraction of sp³-hybridized carbons (Fsp3) is 0.321. The highest BCUT2D eigenvalue weighted by molar-refractivity contribution is 5.84. The van der Waals surface area contributed by atoms with Crippen LogP contribution in [0.25, 0.3) is 11.1 Å². The van der Waals surface area contributed by atoms with Gasteiger partial charge in [-0.2, -0.15) is 0 Å². The van der Waals surface area contributed by atoms with Gasteiger partial charge in [-0.3, -0.25) is 0 Å². The van der Waals surface area contributed by atoms with Crippen LogP contribution in [0.3, 0.4) is 0 Å². The number of amides is 1. The van der Waals surface area contributed by atoms with Crippen molar-refractivity contribution in [2.45, 2.75) is 50.5 Å². The van der Waals surface area contributed by atoms with E-state index < -0.39 is 36.0 Å². The minimum absolute atomic E-state index is 0.0572. The Hall–Kier alpha value is -4.27. The van der Waals surface area contributed by atoms with Crippen LogP contribution in [0.15, 0.2) is 73.2 Å². The zero-order valence-electron chi connectivity index (χ0n) is 20.6. The van der Waals surface area contributed by atoms with Gasteiger partial charge in [0.25, 0.3) is 0 Å². The number of carbonyl (C=O) groups is 3. The van der Waals surface area contributed by atoms with Gasteiger partial charge in [-0.15, -0.1) is 0 Å². The standard InChI is InChI=1S/C28H29NO8/c1-4-28(2,3)37-26(32)22(13-14-24-34-16-23(36-24)25(30)31)29-27(33)35-15-21-19-11-7-5-9-17(19)18-10-6-8-12-20(18)21/h4-12,16,21-22,24H,1,13-15H2,2-3H3,(H,29,33)(H,30,31)/t22-,24-/m0/s1. The molecular formula is C28H29NO8. The number of carboxylic acids is 1. The molecule has 9 nitrogen and oxygen atoms in total. The van der Waals surface area contributed by atoms with E-state index in [0.717, 1.165) is 28.5 Å². The van der Waals surface area contributed by atoms with Crippen LogP contribution in [0, 0.1) is 0 Å². The minimum Gasteiger partial charge on any atom is -0.475 e. The number of benzene rings is 2. The van der Waals surface area contributed by atoms with Crippen molar-refractivity contribution in [3.63, 3.8) is 0 Å². The lowest BCUT2D eigenvalue weighted by Gasteiger charge is -2.25. The first-order chi connectivity index (χ1) is 17.7. The molecule has 2 N–H and O–H groups in total. The third kappa shape index (κ3) is 5.94. The SMILES string of the molecule is C=CC(C)(C)OC(=O)[C@H](CC[C@H]1OC=C(C(=O)O)O1)NC(=O)OCC1c2ccccc2-c2ccccc21. The molecule has 0 saturated carbocycles. The average molecular weight is 508 g/mol. The Morgan fingerprint density at radius 3 is 2.30 bits per heavy atom. The molecule has 2 atom stereocenters. The highest BCUT2D eigenvalue weighted by atomic mass is 16.7. The summed E-state index contributed by atoms with van der Waals surface area (Å²) >= 11 is 0. The van der Waals surface area contributed by atoms with Gasteiger partial charge in [-0.1, -0.05) is 55.1 Å². The Morgan fingerprint density at radius 2 is 1.73 bits per heavy atom. The Labute approximate surface area is 214 Å². The summed E-state index contributed by atoms with van der Waals surface area (Å²) < 4.78 is 21.4. The second kappa shape index (κ2) is 10.8. The molecule has 9 heteroatoms. The van der Waals surface area contributed by atoms with E-state index in [9.17, 15) is 14.4 Å². The number of rotatable bonds is 10. The average Bonchev–Trinajstić information content (AvgIpc) is 3.48. The van der Waals surface area contributed by atoms with Crippen LogP contribution < -0.4 is 5.32 Å². The summed E-state index contributed by atoms with van der Waals surface area (Å²) in [5.41, 5.74) is 3.38. The van der Waals surface area contributed by atoms with Crippen LogP contribution in [-0.2, 0) is 28.5 Å². The molecule has 2 aliphatic rings. The Balaban J connectivity index is 1.40. The van der Waals surface area contributed by atoms with Crippen molar-refractivity contribution in [3.8, 4) is 11.1 Å². The predicted octanol–water partition coefficient (Wildman–Crippen LogP) is 4.48. The molecule has 1 heterocycles. The van der Waals surface area contributed by atoms with Crippen LogP contribution in [0.4, 0.5) is 4.79 Å². The second-order valence-corrected chi connectivity index (χ2v) is 9.30. The van der Waals surface area contributed by atoms with Gasteiger partial charge in [0, 0.05) is 12.3 Å². The summed E-state index contributed by atoms with van der Waals surface area (Å²) in [6.45, 7) is 7.06. The molecule has 2 aromatic carbocycles. The highest BCUT2D eigenvalue weighted by Crippen LogP contribution is 2.44. The van der Waals surface area contributed by atoms with Gasteiger partial charge in [0.1, 0.15) is 24.5 Å². The highest BCUT2D eigenvalue weighted by Gasteiger charge is 2.33. The molecule has 0 radical (unpaired) electrons. The number of nitrogens with one attached hydrogen (secondary N) is 1. The minimum atomic E-state index is -1.26. The first-order valence-corrected chi connectivity index (χ1v) is 11.9. The van der Waals surface area contributed by atoms with E-state index in [1.54, 1.807) is 13.8 Å². The Morgan fingerprint density at radius 1 is 1.11 bits per heavy atom. The third-order valence-electron chi connectivity index (χ3n) is 6.26. The molecule has 0 saturated heterocycles. The fourth-order valence-corrected chi connectivity index (χ4v) is 4.27. The van der Waals surface area contributed by atoms with E-state index in [2.05, 4.69) is 11.9 Å². The van der Waals surface area contributed by atoms with Crippen molar-refractivity contribution < 1.29 is 38.4 Å². The number of alkyl carbamates (subject to hydrolysis) is 1. The zero-order chi connectivity index (χ0) is 26.6. The van der Waals surface area contributed by atoms with Crippen molar-refractivity contribution >= 4 is 18.0 Å². The number of carboxylic acid groups (broad SMARTS) is 1. The van der Waals surface area contributed by atoms with E-state index in [-0.39, 0.29) is 31.1 Å². The molecule has 194 valence electrons. The summed E-state index contributed by atoms with van der Waals surface area (Å²) in [4.78, 5) is 36.7. The van der Waals surface area contributed by atoms with Crippen LogP contribution in [0.1, 0.15) is 43.7 Å². The summed E-state index contributed by atoms with van der Waals surface area (Å²) in [7, 11) is 0. The molecule has 0 unspecified atom stereocenters. The maximum Gasteiger partial charge on any atom is 0.407 e. The lowest BCUT2D eigenvalue weighted by Crippen LogP contribution is -2.45. The molecule has 1 amide bonds. The van der Waals surface area contributed by atoms with E-state index in [1.807, 2.05) is 48.5 Å². The first-order valence-electron chi connectivity index (χ1n) is 11.9. The Kier molecular flexibility index (Phi) is 7.52. The molecule has 2 aromatic rings. The molecule has 0 spiro atoms. The van der Waals surface area contributed by atoms with Crippen molar-refractivity contribution in [2.24, 2.45) is 0 Å². The topological polar surface area (TPSA) is 120 Å². The number of ether oxygens (including phenoxy) is 4. The number of hydrogen-bond donors (Lipinski definition) is 2. The molecule has 0 fully saturated rings. The van der Waals surface area contributed by atoms with Gasteiger partial charge < -0.3 is 29.4 Å². The molecule has 37 heavy (non-hydrogen) atoms. The van der Waals surface area contributed by atoms with Crippen LogP contribution in [0.2, 0.25) is 0 Å². The number of aliphatic carboxylic acids is 1. The van der Waals surface area contributed by atoms with Gasteiger partial charge in [0.2, 0.25) is 12.0 Å². The van der Waals surface area contributed by atoms with Gasteiger partial charge in [-0.25, -0.2) is 14.4 Å². The maximum atomic E-state index is 12.9. The largest absolute Gasteiger partial charge is 0.475 e.